The van der Waals surface area contributed by atoms with Gasteiger partial charge < -0.3 is 14.8 Å². The highest BCUT2D eigenvalue weighted by Gasteiger charge is 2.28. The van der Waals surface area contributed by atoms with E-state index in [1.165, 1.54) is 11.1 Å². The fourth-order valence-electron chi connectivity index (χ4n) is 4.17. The van der Waals surface area contributed by atoms with Crippen LogP contribution in [-0.2, 0) is 11.2 Å². The van der Waals surface area contributed by atoms with Gasteiger partial charge in [-0.05, 0) is 73.7 Å². The molecule has 1 amide bonds. The molecule has 0 bridgehead atoms. The molecule has 2 aromatic rings. The van der Waals surface area contributed by atoms with Gasteiger partial charge in [0.25, 0.3) is 0 Å². The van der Waals surface area contributed by atoms with Crippen LogP contribution in [0.25, 0.3) is 0 Å². The largest absolute Gasteiger partial charge is 0.490 e. The molecule has 1 N–H and O–H groups in total. The van der Waals surface area contributed by atoms with Crippen LogP contribution in [0.2, 0.25) is 0 Å². The number of amides is 1. The highest BCUT2D eigenvalue weighted by atomic mass is 16.5. The minimum atomic E-state index is 0.0228. The molecule has 0 radical (unpaired) electrons. The Morgan fingerprint density at radius 3 is 2.46 bits per heavy atom. The molecule has 2 aliphatic rings. The third-order valence-corrected chi connectivity index (χ3v) is 5.53. The van der Waals surface area contributed by atoms with Gasteiger partial charge in [-0.3, -0.25) is 9.69 Å². The van der Waals surface area contributed by atoms with Gasteiger partial charge in [-0.25, -0.2) is 0 Å². The van der Waals surface area contributed by atoms with E-state index in [9.17, 15) is 4.79 Å². The van der Waals surface area contributed by atoms with Crippen LogP contribution in [0.15, 0.2) is 30.3 Å². The SMILES string of the molecule is Cc1cc(C)cc(NC(=O)CN2CCc3cc4c(cc3[C@H]2C)OCCCO4)c1. The summed E-state index contributed by atoms with van der Waals surface area (Å²) in [6, 6.07) is 10.5. The number of nitrogens with one attached hydrogen (secondary N) is 1. The van der Waals surface area contributed by atoms with Crippen molar-refractivity contribution < 1.29 is 14.3 Å². The lowest BCUT2D eigenvalue weighted by molar-refractivity contribution is -0.117. The van der Waals surface area contributed by atoms with Crippen LogP contribution in [0.3, 0.4) is 0 Å². The van der Waals surface area contributed by atoms with E-state index in [1.54, 1.807) is 0 Å². The van der Waals surface area contributed by atoms with Crippen molar-refractivity contribution in [2.45, 2.75) is 39.7 Å². The normalized spacial score (nSPS) is 18.9. The van der Waals surface area contributed by atoms with Gasteiger partial charge in [0, 0.05) is 24.7 Å². The number of fused-ring (bicyclic) bond motifs is 2. The second-order valence-corrected chi connectivity index (χ2v) is 7.87. The number of rotatable bonds is 3. The van der Waals surface area contributed by atoms with Crippen molar-refractivity contribution in [1.82, 2.24) is 4.90 Å². The average Bonchev–Trinajstić information content (AvgIpc) is 2.86. The summed E-state index contributed by atoms with van der Waals surface area (Å²) in [7, 11) is 0. The Hall–Kier alpha value is -2.53. The Balaban J connectivity index is 1.47. The number of aryl methyl sites for hydroxylation is 2. The number of carbonyl (C=O) groups excluding carboxylic acids is 1. The van der Waals surface area contributed by atoms with Crippen molar-refractivity contribution in [3.63, 3.8) is 0 Å². The molecule has 148 valence electrons. The van der Waals surface area contributed by atoms with E-state index in [-0.39, 0.29) is 11.9 Å². The first kappa shape index (κ1) is 18.8. The van der Waals surface area contributed by atoms with Gasteiger partial charge in [0.15, 0.2) is 11.5 Å². The summed E-state index contributed by atoms with van der Waals surface area (Å²) in [5, 5.41) is 3.05. The van der Waals surface area contributed by atoms with E-state index in [0.717, 1.165) is 47.7 Å². The van der Waals surface area contributed by atoms with Gasteiger partial charge in [0.05, 0.1) is 19.8 Å². The summed E-state index contributed by atoms with van der Waals surface area (Å²) < 4.78 is 11.7. The quantitative estimate of drug-likeness (QED) is 0.874. The fourth-order valence-corrected chi connectivity index (χ4v) is 4.17. The van der Waals surface area contributed by atoms with E-state index in [2.05, 4.69) is 35.3 Å². The third kappa shape index (κ3) is 3.99. The maximum Gasteiger partial charge on any atom is 0.238 e. The maximum atomic E-state index is 12.6. The second kappa shape index (κ2) is 7.84. The Morgan fingerprint density at radius 1 is 1.07 bits per heavy atom. The molecule has 0 unspecified atom stereocenters. The molecule has 2 aromatic carbocycles. The number of hydrogen-bond acceptors (Lipinski definition) is 4. The third-order valence-electron chi connectivity index (χ3n) is 5.53. The van der Waals surface area contributed by atoms with Crippen LogP contribution in [0, 0.1) is 13.8 Å². The van der Waals surface area contributed by atoms with Crippen molar-refractivity contribution in [1.29, 1.82) is 0 Å². The van der Waals surface area contributed by atoms with Crippen LogP contribution >= 0.6 is 0 Å². The second-order valence-electron chi connectivity index (χ2n) is 7.87. The molecule has 2 heterocycles. The molecule has 0 saturated carbocycles. The van der Waals surface area contributed by atoms with Crippen LogP contribution in [0.5, 0.6) is 11.5 Å². The fraction of sp³-hybridized carbons (Fsp3) is 0.435. The summed E-state index contributed by atoms with van der Waals surface area (Å²) in [6.07, 6.45) is 1.81. The first-order valence-corrected chi connectivity index (χ1v) is 10.0. The molecule has 0 spiro atoms. The summed E-state index contributed by atoms with van der Waals surface area (Å²) in [5.74, 6) is 1.70. The number of hydrogen-bond donors (Lipinski definition) is 1. The van der Waals surface area contributed by atoms with Gasteiger partial charge in [-0.1, -0.05) is 6.07 Å². The van der Waals surface area contributed by atoms with Gasteiger partial charge in [0.2, 0.25) is 5.91 Å². The standard InChI is InChI=1S/C23H28N2O3/c1-15-9-16(2)11-19(10-15)24-23(26)14-25-6-5-18-12-21-22(13-20(18)17(25)3)28-8-4-7-27-21/h9-13,17H,4-8,14H2,1-3H3,(H,24,26)/t17-/m1/s1. The topological polar surface area (TPSA) is 50.8 Å². The molecule has 5 heteroatoms. The minimum Gasteiger partial charge on any atom is -0.490 e. The Labute approximate surface area is 166 Å². The number of carbonyl (C=O) groups is 1. The van der Waals surface area contributed by atoms with Crippen LogP contribution in [-0.4, -0.2) is 37.1 Å². The molecular weight excluding hydrogens is 352 g/mol. The van der Waals surface area contributed by atoms with Crippen LogP contribution in [0.4, 0.5) is 5.69 Å². The summed E-state index contributed by atoms with van der Waals surface area (Å²) in [5.41, 5.74) is 5.69. The predicted molar refractivity (Wildman–Crippen MR) is 110 cm³/mol. The van der Waals surface area contributed by atoms with Crippen LogP contribution in [0.1, 0.15) is 41.6 Å². The lowest BCUT2D eigenvalue weighted by atomic mass is 9.93. The summed E-state index contributed by atoms with van der Waals surface area (Å²) in [4.78, 5) is 14.9. The highest BCUT2D eigenvalue weighted by Crippen LogP contribution is 2.39. The van der Waals surface area contributed by atoms with Gasteiger partial charge >= 0.3 is 0 Å². The summed E-state index contributed by atoms with van der Waals surface area (Å²) in [6.45, 7) is 8.86. The molecule has 1 atom stereocenters. The Kier molecular flexibility index (Phi) is 5.27. The molecular formula is C23H28N2O3. The highest BCUT2D eigenvalue weighted by molar-refractivity contribution is 5.92. The molecule has 0 saturated heterocycles. The molecule has 5 nitrogen and oxygen atoms in total. The van der Waals surface area contributed by atoms with E-state index < -0.39 is 0 Å². The zero-order valence-corrected chi connectivity index (χ0v) is 16.9. The van der Waals surface area contributed by atoms with Crippen molar-refractivity contribution >= 4 is 11.6 Å². The zero-order chi connectivity index (χ0) is 19.7. The van der Waals surface area contributed by atoms with Gasteiger partial charge in [0.1, 0.15) is 0 Å². The molecule has 4 rings (SSSR count). The predicted octanol–water partition coefficient (Wildman–Crippen LogP) is 4.02. The number of nitrogens with zero attached hydrogens (tertiary/aromatic N) is 1. The van der Waals surface area contributed by atoms with Gasteiger partial charge in [-0.15, -0.1) is 0 Å². The van der Waals surface area contributed by atoms with E-state index >= 15 is 0 Å². The molecule has 0 fully saturated rings. The lowest BCUT2D eigenvalue weighted by Gasteiger charge is -2.35. The monoisotopic (exact) mass is 380 g/mol. The first-order chi connectivity index (χ1) is 13.5. The van der Waals surface area contributed by atoms with Crippen LogP contribution < -0.4 is 14.8 Å². The van der Waals surface area contributed by atoms with Crippen molar-refractivity contribution in [3.8, 4) is 11.5 Å². The number of ether oxygens (including phenoxy) is 2. The van der Waals surface area contributed by atoms with E-state index in [4.69, 9.17) is 9.47 Å². The summed E-state index contributed by atoms with van der Waals surface area (Å²) >= 11 is 0. The number of benzene rings is 2. The van der Waals surface area contributed by atoms with E-state index in [1.807, 2.05) is 26.0 Å². The maximum absolute atomic E-state index is 12.6. The smallest absolute Gasteiger partial charge is 0.238 e. The Morgan fingerprint density at radius 2 is 1.75 bits per heavy atom. The number of anilines is 1. The molecule has 0 aliphatic carbocycles. The molecule has 28 heavy (non-hydrogen) atoms. The lowest BCUT2D eigenvalue weighted by Crippen LogP contribution is -2.39. The first-order valence-electron chi connectivity index (χ1n) is 10.0. The van der Waals surface area contributed by atoms with Gasteiger partial charge in [-0.2, -0.15) is 0 Å². The van der Waals surface area contributed by atoms with Crippen molar-refractivity contribution in [2.75, 3.05) is 31.6 Å². The molecule has 0 aromatic heterocycles. The minimum absolute atomic E-state index is 0.0228. The average molecular weight is 380 g/mol. The molecule has 2 aliphatic heterocycles. The zero-order valence-electron chi connectivity index (χ0n) is 16.9. The Bertz CT molecular complexity index is 873. The van der Waals surface area contributed by atoms with E-state index in [0.29, 0.717) is 19.8 Å². The van der Waals surface area contributed by atoms with Crippen molar-refractivity contribution in [3.05, 3.63) is 52.6 Å². The van der Waals surface area contributed by atoms with Crippen molar-refractivity contribution in [2.24, 2.45) is 0 Å².